The van der Waals surface area contributed by atoms with Crippen LogP contribution in [0, 0.1) is 0 Å². The van der Waals surface area contributed by atoms with Gasteiger partial charge in [-0.3, -0.25) is 0 Å². The number of aromatic nitrogens is 4. The molecule has 0 spiro atoms. The second-order valence-electron chi connectivity index (χ2n) is 6.77. The predicted molar refractivity (Wildman–Crippen MR) is 108 cm³/mol. The van der Waals surface area contributed by atoms with Gasteiger partial charge in [-0.1, -0.05) is 78.9 Å². The normalized spacial score (nSPS) is 17.1. The maximum Gasteiger partial charge on any atom is 0.204 e. The van der Waals surface area contributed by atoms with Gasteiger partial charge in [0.25, 0.3) is 0 Å². The molecule has 1 atom stereocenters. The van der Waals surface area contributed by atoms with Crippen LogP contribution in [0.25, 0.3) is 17.5 Å². The molecule has 0 fully saturated rings. The molecule has 0 saturated carbocycles. The largest absolute Gasteiger partial charge is 0.481 e. The van der Waals surface area contributed by atoms with E-state index < -0.39 is 0 Å². The van der Waals surface area contributed by atoms with Crippen molar-refractivity contribution in [2.24, 2.45) is 0 Å². The number of nitrogens with zero attached hydrogens (tertiary/aromatic N) is 3. The van der Waals surface area contributed by atoms with Crippen molar-refractivity contribution in [3.05, 3.63) is 101 Å². The molecule has 1 aliphatic heterocycles. The quantitative estimate of drug-likeness (QED) is 0.574. The monoisotopic (exact) mass is 366 g/mol. The zero-order chi connectivity index (χ0) is 18.8. The number of tetrazole rings is 1. The molecular formula is C23H18N4O. The summed E-state index contributed by atoms with van der Waals surface area (Å²) >= 11 is 0. The lowest BCUT2D eigenvalue weighted by Crippen LogP contribution is -2.18. The van der Waals surface area contributed by atoms with E-state index in [1.54, 1.807) is 0 Å². The van der Waals surface area contributed by atoms with E-state index in [1.807, 2.05) is 30.3 Å². The highest BCUT2D eigenvalue weighted by molar-refractivity contribution is 5.62. The SMILES string of the molecule is C(=C1Cc2ccccc2OC1c1ccccc1)c1ccc(-c2nn[nH]n2)cc1. The standard InChI is InChI=1S/C23H18N4O/c1-2-6-17(7-3-1)22-20(15-19-8-4-5-9-21(19)28-22)14-16-10-12-18(13-11-16)23-24-26-27-25-23/h1-14,22H,15H2,(H,24,25,26,27). The van der Waals surface area contributed by atoms with Crippen molar-refractivity contribution >= 4 is 6.08 Å². The summed E-state index contributed by atoms with van der Waals surface area (Å²) in [6.07, 6.45) is 2.99. The highest BCUT2D eigenvalue weighted by Crippen LogP contribution is 2.39. The number of rotatable bonds is 3. The topological polar surface area (TPSA) is 63.7 Å². The van der Waals surface area contributed by atoms with Crippen molar-refractivity contribution in [1.82, 2.24) is 20.6 Å². The molecule has 5 nitrogen and oxygen atoms in total. The van der Waals surface area contributed by atoms with Gasteiger partial charge in [0.15, 0.2) is 0 Å². The Morgan fingerprint density at radius 1 is 0.893 bits per heavy atom. The minimum absolute atomic E-state index is 0.0898. The van der Waals surface area contributed by atoms with Crippen molar-refractivity contribution in [3.63, 3.8) is 0 Å². The Morgan fingerprint density at radius 3 is 2.46 bits per heavy atom. The first-order valence-electron chi connectivity index (χ1n) is 9.21. The summed E-state index contributed by atoms with van der Waals surface area (Å²) in [5, 5.41) is 14.1. The minimum atomic E-state index is -0.0898. The summed E-state index contributed by atoms with van der Waals surface area (Å²) in [5.74, 6) is 1.55. The van der Waals surface area contributed by atoms with Crippen LogP contribution in [0.5, 0.6) is 5.75 Å². The maximum atomic E-state index is 6.38. The zero-order valence-corrected chi connectivity index (χ0v) is 15.1. The van der Waals surface area contributed by atoms with E-state index in [4.69, 9.17) is 4.74 Å². The number of nitrogens with one attached hydrogen (secondary N) is 1. The van der Waals surface area contributed by atoms with Gasteiger partial charge in [0, 0.05) is 12.0 Å². The molecule has 28 heavy (non-hydrogen) atoms. The van der Waals surface area contributed by atoms with Crippen molar-refractivity contribution < 1.29 is 4.74 Å². The van der Waals surface area contributed by atoms with Crippen LogP contribution in [0.2, 0.25) is 0 Å². The number of benzene rings is 3. The molecule has 0 saturated heterocycles. The van der Waals surface area contributed by atoms with E-state index in [0.29, 0.717) is 5.82 Å². The highest BCUT2D eigenvalue weighted by Gasteiger charge is 2.25. The lowest BCUT2D eigenvalue weighted by atomic mass is 9.90. The van der Waals surface area contributed by atoms with Gasteiger partial charge in [-0.15, -0.1) is 10.2 Å². The zero-order valence-electron chi connectivity index (χ0n) is 15.1. The average molecular weight is 366 g/mol. The van der Waals surface area contributed by atoms with Crippen LogP contribution in [0.4, 0.5) is 0 Å². The molecule has 0 bridgehead atoms. The first kappa shape index (κ1) is 16.4. The molecule has 0 amide bonds. The summed E-state index contributed by atoms with van der Waals surface area (Å²) in [5.41, 5.74) is 5.65. The Kier molecular flexibility index (Phi) is 4.18. The summed E-state index contributed by atoms with van der Waals surface area (Å²) < 4.78 is 6.38. The van der Waals surface area contributed by atoms with Crippen LogP contribution in [-0.2, 0) is 6.42 Å². The molecule has 1 aliphatic rings. The van der Waals surface area contributed by atoms with E-state index in [1.165, 1.54) is 11.1 Å². The van der Waals surface area contributed by atoms with Gasteiger partial charge in [0.05, 0.1) is 0 Å². The number of ether oxygens (including phenoxy) is 1. The van der Waals surface area contributed by atoms with Gasteiger partial charge in [0.2, 0.25) is 5.82 Å². The van der Waals surface area contributed by atoms with Crippen molar-refractivity contribution in [1.29, 1.82) is 0 Å². The molecule has 4 aromatic rings. The first-order chi connectivity index (χ1) is 13.9. The maximum absolute atomic E-state index is 6.38. The van der Waals surface area contributed by atoms with Gasteiger partial charge >= 0.3 is 0 Å². The summed E-state index contributed by atoms with van der Waals surface area (Å²) in [4.78, 5) is 0. The van der Waals surface area contributed by atoms with E-state index in [9.17, 15) is 0 Å². The minimum Gasteiger partial charge on any atom is -0.481 e. The van der Waals surface area contributed by atoms with Gasteiger partial charge in [-0.2, -0.15) is 5.21 Å². The number of H-pyrrole nitrogens is 1. The molecule has 0 aliphatic carbocycles. The van der Waals surface area contributed by atoms with E-state index in [2.05, 4.69) is 75.2 Å². The average Bonchev–Trinajstić information content (AvgIpc) is 3.29. The molecule has 2 heterocycles. The smallest absolute Gasteiger partial charge is 0.204 e. The second kappa shape index (κ2) is 7.12. The number of para-hydroxylation sites is 1. The van der Waals surface area contributed by atoms with Crippen LogP contribution in [-0.4, -0.2) is 20.6 Å². The second-order valence-corrected chi connectivity index (χ2v) is 6.77. The fourth-order valence-corrected chi connectivity index (χ4v) is 3.54. The van der Waals surface area contributed by atoms with Gasteiger partial charge in [-0.25, -0.2) is 0 Å². The van der Waals surface area contributed by atoms with Gasteiger partial charge < -0.3 is 4.74 Å². The number of fused-ring (bicyclic) bond motifs is 1. The third-order valence-corrected chi connectivity index (χ3v) is 4.92. The molecule has 0 radical (unpaired) electrons. The van der Waals surface area contributed by atoms with Crippen LogP contribution in [0.15, 0.2) is 84.4 Å². The third-order valence-electron chi connectivity index (χ3n) is 4.92. The third kappa shape index (κ3) is 3.18. The van der Waals surface area contributed by atoms with E-state index in [-0.39, 0.29) is 6.10 Å². The fourth-order valence-electron chi connectivity index (χ4n) is 3.54. The lowest BCUT2D eigenvalue weighted by molar-refractivity contribution is 0.226. The Hall–Kier alpha value is -3.73. The van der Waals surface area contributed by atoms with Gasteiger partial charge in [0.1, 0.15) is 11.9 Å². The lowest BCUT2D eigenvalue weighted by Gasteiger charge is -2.29. The van der Waals surface area contributed by atoms with Gasteiger partial charge in [-0.05, 0) is 33.5 Å². The first-order valence-corrected chi connectivity index (χ1v) is 9.21. The Bertz CT molecular complexity index is 1100. The Morgan fingerprint density at radius 2 is 1.68 bits per heavy atom. The van der Waals surface area contributed by atoms with Crippen molar-refractivity contribution in [2.75, 3.05) is 0 Å². The van der Waals surface area contributed by atoms with Crippen LogP contribution >= 0.6 is 0 Å². The molecular weight excluding hydrogens is 348 g/mol. The molecule has 1 N–H and O–H groups in total. The molecule has 5 rings (SSSR count). The van der Waals surface area contributed by atoms with Crippen molar-refractivity contribution in [2.45, 2.75) is 12.5 Å². The Labute approximate surface area is 162 Å². The highest BCUT2D eigenvalue weighted by atomic mass is 16.5. The van der Waals surface area contributed by atoms with E-state index in [0.717, 1.165) is 28.9 Å². The number of aromatic amines is 1. The summed E-state index contributed by atoms with van der Waals surface area (Å²) in [6.45, 7) is 0. The van der Waals surface area contributed by atoms with Crippen LogP contribution in [0.3, 0.4) is 0 Å². The summed E-state index contributed by atoms with van der Waals surface area (Å²) in [6, 6.07) is 26.8. The Balaban J connectivity index is 1.52. The molecule has 1 unspecified atom stereocenters. The molecule has 136 valence electrons. The molecule has 5 heteroatoms. The number of hydrogen-bond acceptors (Lipinski definition) is 4. The van der Waals surface area contributed by atoms with Crippen LogP contribution < -0.4 is 4.74 Å². The molecule has 1 aromatic heterocycles. The predicted octanol–water partition coefficient (Wildman–Crippen LogP) is 4.63. The number of hydrogen-bond donors (Lipinski definition) is 1. The fraction of sp³-hybridized carbons (Fsp3) is 0.0870. The summed E-state index contributed by atoms with van der Waals surface area (Å²) in [7, 11) is 0. The van der Waals surface area contributed by atoms with E-state index >= 15 is 0 Å². The van der Waals surface area contributed by atoms with Crippen molar-refractivity contribution in [3.8, 4) is 17.1 Å². The van der Waals surface area contributed by atoms with Crippen LogP contribution in [0.1, 0.15) is 22.8 Å². The molecule has 3 aromatic carbocycles.